The normalized spacial score (nSPS) is 16.0. The Bertz CT molecular complexity index is 1910. The molecule has 1 aromatic heterocycles. The van der Waals surface area contributed by atoms with Gasteiger partial charge in [-0.15, -0.1) is 10.2 Å². The molecule has 1 atom stereocenters. The minimum absolute atomic E-state index is 0.0268. The lowest BCUT2D eigenvalue weighted by atomic mass is 9.93. The maximum absolute atomic E-state index is 13.7. The van der Waals surface area contributed by atoms with Crippen LogP contribution in [0, 0.1) is 13.8 Å². The van der Waals surface area contributed by atoms with Gasteiger partial charge in [-0.1, -0.05) is 101 Å². The van der Waals surface area contributed by atoms with Crippen LogP contribution < -0.4 is 9.64 Å². The van der Waals surface area contributed by atoms with Crippen LogP contribution in [-0.2, 0) is 15.3 Å². The summed E-state index contributed by atoms with van der Waals surface area (Å²) in [5.41, 5.74) is 3.66. The van der Waals surface area contributed by atoms with E-state index in [0.29, 0.717) is 37.7 Å². The van der Waals surface area contributed by atoms with Gasteiger partial charge in [-0.25, -0.2) is 0 Å². The van der Waals surface area contributed by atoms with E-state index in [2.05, 4.69) is 10.2 Å². The van der Waals surface area contributed by atoms with Gasteiger partial charge in [0.2, 0.25) is 5.13 Å². The van der Waals surface area contributed by atoms with Crippen molar-refractivity contribution >= 4 is 57.3 Å². The Balaban J connectivity index is 1.42. The summed E-state index contributed by atoms with van der Waals surface area (Å²) in [5.74, 6) is -0.137. The third-order valence-electron chi connectivity index (χ3n) is 7.16. The van der Waals surface area contributed by atoms with Crippen molar-refractivity contribution in [2.75, 3.05) is 4.90 Å². The number of hydrogen-bond donors (Lipinski definition) is 1. The zero-order chi connectivity index (χ0) is 30.8. The second-order valence-electron chi connectivity index (χ2n) is 10.2. The van der Waals surface area contributed by atoms with Crippen molar-refractivity contribution in [3.63, 3.8) is 0 Å². The fourth-order valence-electron chi connectivity index (χ4n) is 4.97. The van der Waals surface area contributed by atoms with Crippen molar-refractivity contribution in [3.8, 4) is 11.5 Å². The van der Waals surface area contributed by atoms with Crippen LogP contribution in [0.4, 0.5) is 5.13 Å². The van der Waals surface area contributed by atoms with Crippen LogP contribution in [0.5, 0.6) is 11.5 Å². The van der Waals surface area contributed by atoms with E-state index in [1.807, 2.05) is 80.6 Å². The van der Waals surface area contributed by atoms with Crippen LogP contribution in [0.25, 0.3) is 5.76 Å². The molecule has 5 aromatic rings. The zero-order valence-electron chi connectivity index (χ0n) is 23.7. The highest BCUT2D eigenvalue weighted by atomic mass is 35.5. The van der Waals surface area contributed by atoms with Crippen LogP contribution >= 0.6 is 34.7 Å². The Morgan fingerprint density at radius 2 is 1.68 bits per heavy atom. The van der Waals surface area contributed by atoms with Gasteiger partial charge in [0.15, 0.2) is 4.34 Å². The molecule has 0 saturated carbocycles. The largest absolute Gasteiger partial charge is 0.507 e. The lowest BCUT2D eigenvalue weighted by Crippen LogP contribution is -2.29. The van der Waals surface area contributed by atoms with E-state index in [-0.39, 0.29) is 16.5 Å². The van der Waals surface area contributed by atoms with Crippen LogP contribution in [-0.4, -0.2) is 27.0 Å². The summed E-state index contributed by atoms with van der Waals surface area (Å²) in [6.45, 7) is 3.75. The lowest BCUT2D eigenvalue weighted by Gasteiger charge is -2.23. The summed E-state index contributed by atoms with van der Waals surface area (Å²) in [5, 5.41) is 21.2. The van der Waals surface area contributed by atoms with E-state index in [1.54, 1.807) is 30.3 Å². The zero-order valence-corrected chi connectivity index (χ0v) is 26.1. The van der Waals surface area contributed by atoms with Crippen LogP contribution in [0.3, 0.4) is 0 Å². The molecule has 1 N–H and O–H groups in total. The third kappa shape index (κ3) is 5.99. The number of carbonyl (C=O) groups is 2. The topological polar surface area (TPSA) is 92.6 Å². The van der Waals surface area contributed by atoms with Gasteiger partial charge < -0.3 is 9.84 Å². The first-order valence-electron chi connectivity index (χ1n) is 13.7. The van der Waals surface area contributed by atoms with Crippen LogP contribution in [0.2, 0.25) is 5.02 Å². The predicted molar refractivity (Wildman–Crippen MR) is 175 cm³/mol. The molecule has 10 heteroatoms. The Morgan fingerprint density at radius 3 is 2.48 bits per heavy atom. The molecule has 1 fully saturated rings. The highest BCUT2D eigenvalue weighted by Gasteiger charge is 2.48. The quantitative estimate of drug-likeness (QED) is 0.0598. The number of ether oxygens (including phenoxy) is 1. The number of aromatic nitrogens is 2. The van der Waals surface area contributed by atoms with Crippen LogP contribution in [0.15, 0.2) is 107 Å². The Labute approximate surface area is 267 Å². The minimum atomic E-state index is -0.969. The maximum Gasteiger partial charge on any atom is 0.301 e. The van der Waals surface area contributed by atoms with Crippen molar-refractivity contribution in [1.29, 1.82) is 0 Å². The number of carbonyl (C=O) groups excluding carboxylic acids is 2. The molecule has 1 aliphatic heterocycles. The molecular formula is C34H26ClN3O4S2. The molecule has 1 unspecified atom stereocenters. The number of benzene rings is 4. The van der Waals surface area contributed by atoms with Crippen molar-refractivity contribution in [3.05, 3.63) is 135 Å². The number of hydrogen-bond acceptors (Lipinski definition) is 8. The number of rotatable bonds is 8. The first kappa shape index (κ1) is 29.6. The molecule has 0 radical (unpaired) electrons. The lowest BCUT2D eigenvalue weighted by molar-refractivity contribution is -0.132. The van der Waals surface area contributed by atoms with Crippen LogP contribution in [0.1, 0.15) is 33.9 Å². The van der Waals surface area contributed by atoms with Gasteiger partial charge in [-0.05, 0) is 66.9 Å². The van der Waals surface area contributed by atoms with Gasteiger partial charge in [0, 0.05) is 16.3 Å². The molecule has 0 aliphatic carbocycles. The molecule has 1 aliphatic rings. The Hall–Kier alpha value is -4.44. The summed E-state index contributed by atoms with van der Waals surface area (Å²) in [6.07, 6.45) is 0. The number of aliphatic hydroxyl groups is 1. The maximum atomic E-state index is 13.7. The van der Waals surface area contributed by atoms with E-state index in [0.717, 1.165) is 16.7 Å². The number of halogens is 1. The number of thioether (sulfide) groups is 1. The average molecular weight is 640 g/mol. The number of aliphatic hydroxyl groups excluding tert-OH is 1. The molecule has 0 bridgehead atoms. The average Bonchev–Trinajstić information content (AvgIpc) is 3.60. The van der Waals surface area contributed by atoms with E-state index >= 15 is 0 Å². The minimum Gasteiger partial charge on any atom is -0.507 e. The summed E-state index contributed by atoms with van der Waals surface area (Å²) >= 11 is 8.96. The number of ketones is 1. The number of nitrogens with zero attached hydrogens (tertiary/aromatic N) is 3. The van der Waals surface area contributed by atoms with Crippen molar-refractivity contribution in [1.82, 2.24) is 10.2 Å². The van der Waals surface area contributed by atoms with Crippen molar-refractivity contribution < 1.29 is 19.4 Å². The predicted octanol–water partition coefficient (Wildman–Crippen LogP) is 8.52. The molecule has 1 saturated heterocycles. The van der Waals surface area contributed by atoms with Gasteiger partial charge >= 0.3 is 5.91 Å². The fraction of sp³-hybridized carbons (Fsp3) is 0.118. The molecule has 6 rings (SSSR count). The standard InChI is InChI=1S/C34H26ClN3O4S2/c1-20-15-16-21(2)26(17-20)30(39)28-29(22-10-8-13-25(18-22)42-24-11-4-3-5-12-24)38(32(41)31(28)40)33-36-37-34(44-33)43-19-23-9-6-7-14-27(23)35/h3-18,29,39H,19H2,1-2H3. The van der Waals surface area contributed by atoms with E-state index in [4.69, 9.17) is 16.3 Å². The third-order valence-corrected chi connectivity index (χ3v) is 9.63. The first-order chi connectivity index (χ1) is 21.3. The molecular weight excluding hydrogens is 614 g/mol. The molecule has 2 heterocycles. The first-order valence-corrected chi connectivity index (χ1v) is 15.9. The van der Waals surface area contributed by atoms with E-state index in [1.165, 1.54) is 28.0 Å². The Kier molecular flexibility index (Phi) is 8.52. The van der Waals surface area contributed by atoms with Gasteiger partial charge in [-0.3, -0.25) is 14.5 Å². The molecule has 7 nitrogen and oxygen atoms in total. The molecule has 220 valence electrons. The summed E-state index contributed by atoms with van der Waals surface area (Å²) in [6, 6.07) is 28.6. The van der Waals surface area contributed by atoms with Gasteiger partial charge in [0.05, 0.1) is 11.6 Å². The molecule has 4 aromatic carbocycles. The highest BCUT2D eigenvalue weighted by Crippen LogP contribution is 2.45. The summed E-state index contributed by atoms with van der Waals surface area (Å²) < 4.78 is 6.68. The molecule has 44 heavy (non-hydrogen) atoms. The fourth-order valence-corrected chi connectivity index (χ4v) is 7.12. The van der Waals surface area contributed by atoms with Gasteiger partial charge in [-0.2, -0.15) is 0 Å². The van der Waals surface area contributed by atoms with Crippen molar-refractivity contribution in [2.45, 2.75) is 30.0 Å². The number of amides is 1. The number of para-hydroxylation sites is 1. The summed E-state index contributed by atoms with van der Waals surface area (Å²) in [7, 11) is 0. The molecule has 1 amide bonds. The summed E-state index contributed by atoms with van der Waals surface area (Å²) in [4.78, 5) is 28.7. The van der Waals surface area contributed by atoms with Gasteiger partial charge in [0.1, 0.15) is 17.3 Å². The molecule has 0 spiro atoms. The number of Topliss-reactive ketones (excluding diaryl/α,β-unsaturated/α-hetero) is 1. The number of aryl methyl sites for hydroxylation is 2. The SMILES string of the molecule is Cc1ccc(C)c(C(O)=C2C(=O)C(=O)N(c3nnc(SCc4ccccc4Cl)s3)C2c2cccc(Oc3ccccc3)c2)c1. The smallest absolute Gasteiger partial charge is 0.301 e. The van der Waals surface area contributed by atoms with Crippen molar-refractivity contribution in [2.24, 2.45) is 0 Å². The van der Waals surface area contributed by atoms with Gasteiger partial charge in [0.25, 0.3) is 5.78 Å². The second kappa shape index (κ2) is 12.7. The Morgan fingerprint density at radius 1 is 0.932 bits per heavy atom. The number of anilines is 1. The monoisotopic (exact) mass is 639 g/mol. The van der Waals surface area contributed by atoms with E-state index < -0.39 is 17.7 Å². The van der Waals surface area contributed by atoms with E-state index in [9.17, 15) is 14.7 Å². The second-order valence-corrected chi connectivity index (χ2v) is 12.8. The highest BCUT2D eigenvalue weighted by molar-refractivity contribution is 8.00.